The van der Waals surface area contributed by atoms with Crippen LogP contribution < -0.4 is 21.1 Å². The number of urea groups is 1. The number of aromatic hydroxyl groups is 1. The van der Waals surface area contributed by atoms with Gasteiger partial charge in [-0.1, -0.05) is 41.9 Å². The fraction of sp³-hybridized carbons (Fsp3) is 0.345. The van der Waals surface area contributed by atoms with Gasteiger partial charge in [-0.15, -0.1) is 0 Å². The zero-order chi connectivity index (χ0) is 28.1. The van der Waals surface area contributed by atoms with E-state index in [1.807, 2.05) is 44.2 Å². The minimum atomic E-state index is -1.09. The summed E-state index contributed by atoms with van der Waals surface area (Å²) in [5.74, 6) is -1.34. The number of fused-ring (bicyclic) bond motifs is 1. The second-order valence-corrected chi connectivity index (χ2v) is 9.91. The molecule has 1 aromatic heterocycles. The van der Waals surface area contributed by atoms with Gasteiger partial charge in [0.2, 0.25) is 0 Å². The van der Waals surface area contributed by atoms with Crippen molar-refractivity contribution in [2.24, 2.45) is 0 Å². The first-order chi connectivity index (χ1) is 18.7. The Morgan fingerprint density at radius 1 is 1.10 bits per heavy atom. The minimum absolute atomic E-state index is 0.192. The van der Waals surface area contributed by atoms with E-state index in [2.05, 4.69) is 15.5 Å². The van der Waals surface area contributed by atoms with Gasteiger partial charge in [0.1, 0.15) is 5.75 Å². The van der Waals surface area contributed by atoms with E-state index in [0.29, 0.717) is 29.0 Å². The predicted octanol–water partition coefficient (Wildman–Crippen LogP) is 4.93. The molecule has 2 amide bonds. The first kappa shape index (κ1) is 28.0. The summed E-state index contributed by atoms with van der Waals surface area (Å²) in [6.45, 7) is 5.79. The average Bonchev–Trinajstić information content (AvgIpc) is 3.40. The first-order valence-corrected chi connectivity index (χ1v) is 13.5. The number of hydrogen-bond acceptors (Lipinski definition) is 5. The van der Waals surface area contributed by atoms with Crippen LogP contribution in [0.2, 0.25) is 5.02 Å². The van der Waals surface area contributed by atoms with Crippen molar-refractivity contribution in [1.29, 1.82) is 0 Å². The van der Waals surface area contributed by atoms with Gasteiger partial charge in [0.15, 0.2) is 5.69 Å². The van der Waals surface area contributed by atoms with E-state index in [4.69, 9.17) is 11.6 Å². The molecule has 1 aliphatic carbocycles. The molecule has 0 saturated heterocycles. The van der Waals surface area contributed by atoms with Gasteiger partial charge in [0.25, 0.3) is 5.56 Å². The summed E-state index contributed by atoms with van der Waals surface area (Å²) in [4.78, 5) is 40.4. The maximum absolute atomic E-state index is 13.5. The van der Waals surface area contributed by atoms with Gasteiger partial charge in [-0.3, -0.25) is 9.59 Å². The number of nitrogens with one attached hydrogen (secondary N) is 2. The van der Waals surface area contributed by atoms with Crippen LogP contribution in [0.25, 0.3) is 0 Å². The predicted molar refractivity (Wildman–Crippen MR) is 152 cm³/mol. The van der Waals surface area contributed by atoms with Crippen LogP contribution in [0.5, 0.6) is 5.75 Å². The number of amides is 2. The zero-order valence-electron chi connectivity index (χ0n) is 22.0. The maximum atomic E-state index is 13.5. The second-order valence-electron chi connectivity index (χ2n) is 9.50. The van der Waals surface area contributed by atoms with Crippen molar-refractivity contribution in [2.75, 3.05) is 23.3 Å². The third-order valence-corrected chi connectivity index (χ3v) is 7.47. The number of aliphatic carboxylic acids is 1. The Kier molecular flexibility index (Phi) is 8.81. The monoisotopic (exact) mass is 552 g/mol. The Morgan fingerprint density at radius 2 is 1.85 bits per heavy atom. The molecule has 4 N–H and O–H groups in total. The lowest BCUT2D eigenvalue weighted by Crippen LogP contribution is -2.37. The summed E-state index contributed by atoms with van der Waals surface area (Å²) in [5, 5.41) is 26.2. The van der Waals surface area contributed by atoms with Gasteiger partial charge in [-0.05, 0) is 62.4 Å². The summed E-state index contributed by atoms with van der Waals surface area (Å²) >= 11 is 6.34. The number of anilines is 2. The van der Waals surface area contributed by atoms with Gasteiger partial charge < -0.3 is 30.3 Å². The maximum Gasteiger partial charge on any atom is 0.319 e. The van der Waals surface area contributed by atoms with Crippen molar-refractivity contribution >= 4 is 35.0 Å². The van der Waals surface area contributed by atoms with Crippen LogP contribution in [-0.2, 0) is 24.2 Å². The van der Waals surface area contributed by atoms with E-state index in [1.165, 1.54) is 0 Å². The average molecular weight is 553 g/mol. The van der Waals surface area contributed by atoms with Crippen LogP contribution in [0.1, 0.15) is 55.1 Å². The highest BCUT2D eigenvalue weighted by molar-refractivity contribution is 6.31. The van der Waals surface area contributed by atoms with Crippen LogP contribution >= 0.6 is 11.6 Å². The Hall–Kier alpha value is -3.98. The molecule has 0 bridgehead atoms. The van der Waals surface area contributed by atoms with Crippen molar-refractivity contribution in [3.05, 3.63) is 86.3 Å². The lowest BCUT2D eigenvalue weighted by Gasteiger charge is -2.24. The Balaban J connectivity index is 1.64. The van der Waals surface area contributed by atoms with Crippen LogP contribution in [-0.4, -0.2) is 39.9 Å². The molecule has 206 valence electrons. The molecule has 0 aliphatic heterocycles. The molecule has 4 rings (SSSR count). The van der Waals surface area contributed by atoms with Crippen molar-refractivity contribution in [3.63, 3.8) is 0 Å². The summed E-state index contributed by atoms with van der Waals surface area (Å²) in [7, 11) is 0. The number of benzene rings is 2. The van der Waals surface area contributed by atoms with Crippen LogP contribution in [0.15, 0.2) is 53.3 Å². The standard InChI is InChI=1S/C29H33ClN4O5/c1-3-33(4-2)20-11-7-10-18(15-20)23(16-25(35)36)31-29(39)32-26-27(37)21-12-8-14-24(21)34(28(26)38)17-19-9-5-6-13-22(19)30/h5-7,9-11,13,15,23,37H,3-4,8,12,14,16-17H2,1-2H3,(H,35,36)(H2,31,32,39)/t23-/m0/s1. The number of carboxylic acid groups (broad SMARTS) is 1. The number of carbonyl (C=O) groups is 2. The molecule has 0 unspecified atom stereocenters. The molecule has 1 heterocycles. The van der Waals surface area contributed by atoms with E-state index in [1.54, 1.807) is 22.8 Å². The minimum Gasteiger partial charge on any atom is -0.505 e. The molecule has 3 aromatic rings. The lowest BCUT2D eigenvalue weighted by molar-refractivity contribution is -0.137. The number of aromatic nitrogens is 1. The van der Waals surface area contributed by atoms with E-state index in [-0.39, 0.29) is 24.4 Å². The van der Waals surface area contributed by atoms with E-state index in [0.717, 1.165) is 36.5 Å². The Morgan fingerprint density at radius 3 is 2.54 bits per heavy atom. The topological polar surface area (TPSA) is 124 Å². The smallest absolute Gasteiger partial charge is 0.319 e. The second kappa shape index (κ2) is 12.3. The summed E-state index contributed by atoms with van der Waals surface area (Å²) in [6.07, 6.45) is 1.60. The van der Waals surface area contributed by atoms with Gasteiger partial charge in [-0.25, -0.2) is 4.79 Å². The molecule has 2 aromatic carbocycles. The number of carboxylic acids is 1. The molecule has 9 nitrogen and oxygen atoms in total. The summed E-state index contributed by atoms with van der Waals surface area (Å²) < 4.78 is 1.54. The largest absolute Gasteiger partial charge is 0.505 e. The SMILES string of the molecule is CCN(CC)c1cccc([C@H](CC(=O)O)NC(=O)Nc2c(O)c3c(n(Cc4ccccc4Cl)c2=O)CCC3)c1. The molecule has 39 heavy (non-hydrogen) atoms. The number of nitrogens with zero attached hydrogens (tertiary/aromatic N) is 2. The quantitative estimate of drug-likeness (QED) is 0.283. The molecule has 1 aliphatic rings. The third-order valence-electron chi connectivity index (χ3n) is 7.11. The normalized spacial score (nSPS) is 13.0. The molecule has 0 saturated carbocycles. The van der Waals surface area contributed by atoms with Gasteiger partial charge in [0, 0.05) is 35.1 Å². The molecule has 1 atom stereocenters. The van der Waals surface area contributed by atoms with Gasteiger partial charge >= 0.3 is 12.0 Å². The highest BCUT2D eigenvalue weighted by Crippen LogP contribution is 2.34. The molecule has 0 fully saturated rings. The van der Waals surface area contributed by atoms with Crippen molar-refractivity contribution < 1.29 is 19.8 Å². The Bertz CT molecular complexity index is 1430. The van der Waals surface area contributed by atoms with Gasteiger partial charge in [-0.2, -0.15) is 0 Å². The number of halogens is 1. The summed E-state index contributed by atoms with van der Waals surface area (Å²) in [5.41, 5.74) is 2.81. The third kappa shape index (κ3) is 6.20. The highest BCUT2D eigenvalue weighted by Gasteiger charge is 2.27. The van der Waals surface area contributed by atoms with Crippen LogP contribution in [0, 0.1) is 0 Å². The number of hydrogen-bond donors (Lipinski definition) is 4. The van der Waals surface area contributed by atoms with Crippen LogP contribution in [0.4, 0.5) is 16.2 Å². The first-order valence-electron chi connectivity index (χ1n) is 13.1. The van der Waals surface area contributed by atoms with E-state index < -0.39 is 23.6 Å². The van der Waals surface area contributed by atoms with Crippen molar-refractivity contribution in [1.82, 2.24) is 9.88 Å². The molecular weight excluding hydrogens is 520 g/mol. The van der Waals surface area contributed by atoms with Gasteiger partial charge in [0.05, 0.1) is 19.0 Å². The Labute approximate surface area is 232 Å². The van der Waals surface area contributed by atoms with E-state index >= 15 is 0 Å². The fourth-order valence-corrected chi connectivity index (χ4v) is 5.32. The van der Waals surface area contributed by atoms with Crippen LogP contribution in [0.3, 0.4) is 0 Å². The van der Waals surface area contributed by atoms with E-state index in [9.17, 15) is 24.6 Å². The molecule has 0 spiro atoms. The number of carbonyl (C=O) groups excluding carboxylic acids is 1. The fourth-order valence-electron chi connectivity index (χ4n) is 5.13. The summed E-state index contributed by atoms with van der Waals surface area (Å²) in [6, 6.07) is 12.9. The highest BCUT2D eigenvalue weighted by atomic mass is 35.5. The van der Waals surface area contributed by atoms with Crippen molar-refractivity contribution in [3.8, 4) is 5.75 Å². The van der Waals surface area contributed by atoms with Crippen molar-refractivity contribution in [2.45, 2.75) is 52.1 Å². The zero-order valence-corrected chi connectivity index (χ0v) is 22.8. The molecule has 10 heteroatoms. The number of pyridine rings is 1. The number of rotatable bonds is 10. The lowest BCUT2D eigenvalue weighted by atomic mass is 10.0. The molecule has 0 radical (unpaired) electrons. The molecular formula is C29H33ClN4O5.